The van der Waals surface area contributed by atoms with E-state index in [0.717, 1.165) is 6.42 Å². The molecule has 0 N–H and O–H groups in total. The van der Waals surface area contributed by atoms with Crippen LogP contribution in [0.5, 0.6) is 0 Å². The lowest BCUT2D eigenvalue weighted by Gasteiger charge is -2.08. The number of Topliss-reactive ketones (excluding diaryl/α,β-unsaturated/α-hetero) is 1. The highest BCUT2D eigenvalue weighted by Gasteiger charge is 2.32. The molecular weight excluding hydrogens is 152 g/mol. The summed E-state index contributed by atoms with van der Waals surface area (Å²) in [6, 6.07) is 0. The van der Waals surface area contributed by atoms with Crippen molar-refractivity contribution in [3.63, 3.8) is 0 Å². The van der Waals surface area contributed by atoms with Crippen LogP contribution in [0.1, 0.15) is 33.1 Å². The van der Waals surface area contributed by atoms with Gasteiger partial charge in [-0.25, -0.2) is 0 Å². The summed E-state index contributed by atoms with van der Waals surface area (Å²) < 4.78 is 5.19. The van der Waals surface area contributed by atoms with Gasteiger partial charge in [-0.15, -0.1) is 0 Å². The van der Waals surface area contributed by atoms with E-state index >= 15 is 0 Å². The molecule has 0 aromatic rings. The Labute approximate surface area is 74.3 Å². The molecule has 1 saturated carbocycles. The Balaban J connectivity index is 2.09. The number of ketones is 1. The van der Waals surface area contributed by atoms with E-state index in [-0.39, 0.29) is 11.7 Å². The monoisotopic (exact) mass is 170 g/mol. The molecule has 0 aliphatic heterocycles. The van der Waals surface area contributed by atoms with Crippen molar-refractivity contribution in [2.75, 3.05) is 13.2 Å². The Hall–Kier alpha value is -0.370. The minimum absolute atomic E-state index is 0.238. The highest BCUT2D eigenvalue weighted by Crippen LogP contribution is 2.36. The summed E-state index contributed by atoms with van der Waals surface area (Å²) in [5.41, 5.74) is 0. The molecule has 0 amide bonds. The van der Waals surface area contributed by atoms with Crippen LogP contribution in [-0.4, -0.2) is 19.0 Å². The molecule has 2 nitrogen and oxygen atoms in total. The van der Waals surface area contributed by atoms with Gasteiger partial charge in [0.25, 0.3) is 0 Å². The van der Waals surface area contributed by atoms with Gasteiger partial charge in [-0.3, -0.25) is 4.79 Å². The van der Waals surface area contributed by atoms with Crippen LogP contribution in [0.2, 0.25) is 0 Å². The molecule has 0 spiro atoms. The highest BCUT2D eigenvalue weighted by atomic mass is 16.5. The van der Waals surface area contributed by atoms with E-state index in [2.05, 4.69) is 6.92 Å². The Morgan fingerprint density at radius 3 is 2.75 bits per heavy atom. The normalized spacial score (nSPS) is 19.2. The molecule has 1 aliphatic carbocycles. The zero-order valence-electron chi connectivity index (χ0n) is 8.01. The standard InChI is InChI=1S/C10H18O2/c1-3-6-12-7-10(11)8(2)9-4-5-9/h8-9H,3-7H2,1-2H3. The van der Waals surface area contributed by atoms with Crippen molar-refractivity contribution in [3.05, 3.63) is 0 Å². The van der Waals surface area contributed by atoms with Gasteiger partial charge in [-0.05, 0) is 25.2 Å². The van der Waals surface area contributed by atoms with Gasteiger partial charge in [0.2, 0.25) is 0 Å². The molecule has 1 rings (SSSR count). The van der Waals surface area contributed by atoms with E-state index in [4.69, 9.17) is 4.74 Å². The van der Waals surface area contributed by atoms with Gasteiger partial charge < -0.3 is 4.74 Å². The van der Waals surface area contributed by atoms with Gasteiger partial charge >= 0.3 is 0 Å². The summed E-state index contributed by atoms with van der Waals surface area (Å²) in [7, 11) is 0. The topological polar surface area (TPSA) is 26.3 Å². The summed E-state index contributed by atoms with van der Waals surface area (Å²) >= 11 is 0. The predicted molar refractivity (Wildman–Crippen MR) is 48.0 cm³/mol. The molecule has 70 valence electrons. The summed E-state index contributed by atoms with van der Waals surface area (Å²) in [5.74, 6) is 1.19. The first-order chi connectivity index (χ1) is 5.75. The quantitative estimate of drug-likeness (QED) is 0.570. The van der Waals surface area contributed by atoms with Gasteiger partial charge in [0.1, 0.15) is 6.61 Å². The molecule has 0 radical (unpaired) electrons. The van der Waals surface area contributed by atoms with E-state index in [1.165, 1.54) is 12.8 Å². The number of ether oxygens (including phenoxy) is 1. The van der Waals surface area contributed by atoms with E-state index in [9.17, 15) is 4.79 Å². The fraction of sp³-hybridized carbons (Fsp3) is 0.900. The third-order valence-corrected chi connectivity index (χ3v) is 2.43. The summed E-state index contributed by atoms with van der Waals surface area (Å²) in [5, 5.41) is 0. The number of rotatable bonds is 6. The molecule has 0 aromatic heterocycles. The third kappa shape index (κ3) is 2.94. The van der Waals surface area contributed by atoms with Gasteiger partial charge in [-0.1, -0.05) is 13.8 Å². The molecule has 1 unspecified atom stereocenters. The zero-order valence-corrected chi connectivity index (χ0v) is 8.01. The van der Waals surface area contributed by atoms with Crippen LogP contribution in [0, 0.1) is 11.8 Å². The van der Waals surface area contributed by atoms with Crippen molar-refractivity contribution in [1.29, 1.82) is 0 Å². The van der Waals surface area contributed by atoms with Crippen LogP contribution in [0.15, 0.2) is 0 Å². The van der Waals surface area contributed by atoms with E-state index in [1.807, 2.05) is 6.92 Å². The Morgan fingerprint density at radius 2 is 2.25 bits per heavy atom. The molecule has 2 heteroatoms. The maximum Gasteiger partial charge on any atom is 0.161 e. The zero-order chi connectivity index (χ0) is 8.97. The SMILES string of the molecule is CCCOCC(=O)C(C)C1CC1. The average molecular weight is 170 g/mol. The van der Waals surface area contributed by atoms with Gasteiger partial charge in [0.05, 0.1) is 0 Å². The molecule has 0 bridgehead atoms. The molecule has 0 heterocycles. The smallest absolute Gasteiger partial charge is 0.161 e. The van der Waals surface area contributed by atoms with Crippen LogP contribution in [-0.2, 0) is 9.53 Å². The van der Waals surface area contributed by atoms with Gasteiger partial charge in [-0.2, -0.15) is 0 Å². The van der Waals surface area contributed by atoms with E-state index < -0.39 is 0 Å². The second-order valence-electron chi connectivity index (χ2n) is 3.65. The summed E-state index contributed by atoms with van der Waals surface area (Å²) in [4.78, 5) is 11.4. The Morgan fingerprint density at radius 1 is 1.58 bits per heavy atom. The molecule has 1 atom stereocenters. The Kier molecular flexibility index (Phi) is 3.73. The van der Waals surface area contributed by atoms with Crippen LogP contribution in [0.4, 0.5) is 0 Å². The van der Waals surface area contributed by atoms with E-state index in [0.29, 0.717) is 19.1 Å². The predicted octanol–water partition coefficient (Wildman–Crippen LogP) is 2.03. The van der Waals surface area contributed by atoms with Crippen LogP contribution in [0.25, 0.3) is 0 Å². The lowest BCUT2D eigenvalue weighted by molar-refractivity contribution is -0.127. The molecule has 1 fully saturated rings. The number of carbonyl (C=O) groups excluding carboxylic acids is 1. The first-order valence-corrected chi connectivity index (χ1v) is 4.86. The van der Waals surface area contributed by atoms with Crippen molar-refractivity contribution in [2.24, 2.45) is 11.8 Å². The first kappa shape index (κ1) is 9.72. The average Bonchev–Trinajstić information content (AvgIpc) is 2.86. The largest absolute Gasteiger partial charge is 0.374 e. The van der Waals surface area contributed by atoms with E-state index in [1.54, 1.807) is 0 Å². The molecule has 1 aliphatic rings. The fourth-order valence-electron chi connectivity index (χ4n) is 1.31. The number of hydrogen-bond acceptors (Lipinski definition) is 2. The van der Waals surface area contributed by atoms with Crippen molar-refractivity contribution < 1.29 is 9.53 Å². The summed E-state index contributed by atoms with van der Waals surface area (Å²) in [6.45, 7) is 5.11. The van der Waals surface area contributed by atoms with Crippen LogP contribution < -0.4 is 0 Å². The second-order valence-corrected chi connectivity index (χ2v) is 3.65. The molecular formula is C10H18O2. The summed E-state index contributed by atoms with van der Waals surface area (Å²) in [6.07, 6.45) is 3.46. The first-order valence-electron chi connectivity index (χ1n) is 4.86. The van der Waals surface area contributed by atoms with Gasteiger partial charge in [0.15, 0.2) is 5.78 Å². The number of hydrogen-bond donors (Lipinski definition) is 0. The Bertz CT molecular complexity index is 150. The van der Waals surface area contributed by atoms with Crippen molar-refractivity contribution in [3.8, 4) is 0 Å². The van der Waals surface area contributed by atoms with Gasteiger partial charge in [0, 0.05) is 12.5 Å². The van der Waals surface area contributed by atoms with Crippen molar-refractivity contribution >= 4 is 5.78 Å². The minimum Gasteiger partial charge on any atom is -0.374 e. The molecule has 0 aromatic carbocycles. The van der Waals surface area contributed by atoms with Crippen LogP contribution >= 0.6 is 0 Å². The van der Waals surface area contributed by atoms with Crippen LogP contribution in [0.3, 0.4) is 0 Å². The lowest BCUT2D eigenvalue weighted by Crippen LogP contribution is -2.19. The number of carbonyl (C=O) groups is 1. The van der Waals surface area contributed by atoms with Crippen molar-refractivity contribution in [1.82, 2.24) is 0 Å². The molecule has 0 saturated heterocycles. The second kappa shape index (κ2) is 4.61. The lowest BCUT2D eigenvalue weighted by atomic mass is 10.0. The maximum absolute atomic E-state index is 11.4. The molecule has 12 heavy (non-hydrogen) atoms. The fourth-order valence-corrected chi connectivity index (χ4v) is 1.31. The maximum atomic E-state index is 11.4. The third-order valence-electron chi connectivity index (χ3n) is 2.43. The van der Waals surface area contributed by atoms with Crippen molar-refractivity contribution in [2.45, 2.75) is 33.1 Å². The highest BCUT2D eigenvalue weighted by molar-refractivity contribution is 5.82. The minimum atomic E-state index is 0.238.